The van der Waals surface area contributed by atoms with Crippen LogP contribution in [0.4, 0.5) is 5.69 Å². The Morgan fingerprint density at radius 2 is 1.80 bits per heavy atom. The first kappa shape index (κ1) is 14.4. The number of amides is 1. The first-order valence-electron chi connectivity index (χ1n) is 6.56. The zero-order valence-electron chi connectivity index (χ0n) is 11.3. The number of nitrogens with one attached hydrogen (secondary N) is 2. The van der Waals surface area contributed by atoms with E-state index in [9.17, 15) is 4.79 Å². The Bertz CT molecular complexity index is 581. The van der Waals surface area contributed by atoms with Crippen LogP contribution in [0.1, 0.15) is 22.8 Å². The van der Waals surface area contributed by atoms with Crippen molar-refractivity contribution in [2.75, 3.05) is 11.9 Å². The molecule has 0 aliphatic rings. The van der Waals surface area contributed by atoms with Crippen molar-refractivity contribution >= 4 is 23.2 Å². The number of halogens is 1. The maximum absolute atomic E-state index is 11.6. The molecule has 0 saturated carbocycles. The van der Waals surface area contributed by atoms with E-state index in [0.29, 0.717) is 18.7 Å². The highest BCUT2D eigenvalue weighted by atomic mass is 35.5. The van der Waals surface area contributed by atoms with Crippen LogP contribution in [0, 0.1) is 0 Å². The van der Waals surface area contributed by atoms with Gasteiger partial charge in [0.2, 0.25) is 0 Å². The Hall–Kier alpha value is -2.00. The topological polar surface area (TPSA) is 41.1 Å². The summed E-state index contributed by atoms with van der Waals surface area (Å²) >= 11 is 6.10. The van der Waals surface area contributed by atoms with Gasteiger partial charge >= 0.3 is 0 Å². The van der Waals surface area contributed by atoms with Gasteiger partial charge in [-0.05, 0) is 42.8 Å². The van der Waals surface area contributed by atoms with Crippen molar-refractivity contribution in [3.05, 3.63) is 64.7 Å². The molecular formula is C16H17ClN2O. The van der Waals surface area contributed by atoms with E-state index in [1.807, 2.05) is 43.3 Å². The molecule has 0 aliphatic carbocycles. The number of carbonyl (C=O) groups is 1. The lowest BCUT2D eigenvalue weighted by molar-refractivity contribution is 0.0956. The molecule has 0 bridgehead atoms. The van der Waals surface area contributed by atoms with E-state index < -0.39 is 0 Å². The van der Waals surface area contributed by atoms with Gasteiger partial charge in [0.25, 0.3) is 5.91 Å². The molecule has 3 nitrogen and oxygen atoms in total. The van der Waals surface area contributed by atoms with Crippen LogP contribution in [-0.2, 0) is 6.54 Å². The molecule has 0 atom stereocenters. The van der Waals surface area contributed by atoms with Crippen molar-refractivity contribution in [2.24, 2.45) is 0 Å². The summed E-state index contributed by atoms with van der Waals surface area (Å²) in [7, 11) is 0. The van der Waals surface area contributed by atoms with Crippen LogP contribution in [0.15, 0.2) is 48.5 Å². The van der Waals surface area contributed by atoms with E-state index >= 15 is 0 Å². The molecule has 0 saturated heterocycles. The van der Waals surface area contributed by atoms with Gasteiger partial charge in [-0.15, -0.1) is 0 Å². The largest absolute Gasteiger partial charge is 0.381 e. The minimum atomic E-state index is -0.0508. The lowest BCUT2D eigenvalue weighted by Gasteiger charge is -2.09. The quantitative estimate of drug-likeness (QED) is 0.881. The van der Waals surface area contributed by atoms with Crippen LogP contribution in [0.2, 0.25) is 5.02 Å². The number of benzene rings is 2. The molecule has 0 radical (unpaired) electrons. The van der Waals surface area contributed by atoms with E-state index in [0.717, 1.165) is 16.3 Å². The molecule has 0 fully saturated rings. The lowest BCUT2D eigenvalue weighted by Crippen LogP contribution is -2.22. The van der Waals surface area contributed by atoms with Crippen LogP contribution in [0.25, 0.3) is 0 Å². The summed E-state index contributed by atoms with van der Waals surface area (Å²) in [5.41, 5.74) is 2.66. The Labute approximate surface area is 124 Å². The van der Waals surface area contributed by atoms with Crippen molar-refractivity contribution in [1.82, 2.24) is 5.32 Å². The number of hydrogen-bond donors (Lipinski definition) is 2. The fourth-order valence-electron chi connectivity index (χ4n) is 1.84. The van der Waals surface area contributed by atoms with Gasteiger partial charge in [0.1, 0.15) is 0 Å². The Morgan fingerprint density at radius 1 is 1.10 bits per heavy atom. The fraction of sp³-hybridized carbons (Fsp3) is 0.188. The third kappa shape index (κ3) is 3.75. The normalized spacial score (nSPS) is 10.1. The highest BCUT2D eigenvalue weighted by Crippen LogP contribution is 2.17. The third-order valence-corrected chi connectivity index (χ3v) is 3.29. The Kier molecular flexibility index (Phi) is 5.02. The molecule has 0 aromatic heterocycles. The smallest absolute Gasteiger partial charge is 0.251 e. The second-order valence-corrected chi connectivity index (χ2v) is 4.79. The van der Waals surface area contributed by atoms with Gasteiger partial charge < -0.3 is 10.6 Å². The summed E-state index contributed by atoms with van der Waals surface area (Å²) in [4.78, 5) is 11.6. The predicted molar refractivity (Wildman–Crippen MR) is 83.2 cm³/mol. The standard InChI is InChI=1S/C16H17ClN2O/c1-2-18-16(20)12-7-9-14(10-8-12)19-11-13-5-3-4-6-15(13)17/h3-10,19H,2,11H2,1H3,(H,18,20). The summed E-state index contributed by atoms with van der Waals surface area (Å²) in [6.45, 7) is 3.18. The number of hydrogen-bond acceptors (Lipinski definition) is 2. The fourth-order valence-corrected chi connectivity index (χ4v) is 2.04. The van der Waals surface area contributed by atoms with Gasteiger partial charge in [-0.25, -0.2) is 0 Å². The van der Waals surface area contributed by atoms with E-state index in [2.05, 4.69) is 10.6 Å². The van der Waals surface area contributed by atoms with Gasteiger partial charge in [-0.2, -0.15) is 0 Å². The van der Waals surface area contributed by atoms with Gasteiger partial charge in [0, 0.05) is 29.4 Å². The number of anilines is 1. The molecule has 0 spiro atoms. The molecule has 1 amide bonds. The molecule has 2 N–H and O–H groups in total. The van der Waals surface area contributed by atoms with Crippen molar-refractivity contribution in [3.63, 3.8) is 0 Å². The van der Waals surface area contributed by atoms with Crippen LogP contribution in [-0.4, -0.2) is 12.5 Å². The van der Waals surface area contributed by atoms with Gasteiger partial charge in [0.15, 0.2) is 0 Å². The number of rotatable bonds is 5. The van der Waals surface area contributed by atoms with Crippen molar-refractivity contribution in [3.8, 4) is 0 Å². The predicted octanol–water partition coefficient (Wildman–Crippen LogP) is 3.70. The molecule has 0 heterocycles. The SMILES string of the molecule is CCNC(=O)c1ccc(NCc2ccccc2Cl)cc1. The molecule has 2 aromatic rings. The Morgan fingerprint density at radius 3 is 2.45 bits per heavy atom. The van der Waals surface area contributed by atoms with Gasteiger partial charge in [-0.3, -0.25) is 4.79 Å². The van der Waals surface area contributed by atoms with Gasteiger partial charge in [0.05, 0.1) is 0 Å². The second-order valence-electron chi connectivity index (χ2n) is 4.38. The summed E-state index contributed by atoms with van der Waals surface area (Å²) < 4.78 is 0. The van der Waals surface area contributed by atoms with Crippen molar-refractivity contribution in [1.29, 1.82) is 0 Å². The monoisotopic (exact) mass is 288 g/mol. The second kappa shape index (κ2) is 6.96. The van der Waals surface area contributed by atoms with Crippen LogP contribution in [0.3, 0.4) is 0 Å². The average molecular weight is 289 g/mol. The maximum atomic E-state index is 11.6. The van der Waals surface area contributed by atoms with E-state index in [1.165, 1.54) is 0 Å². The third-order valence-electron chi connectivity index (χ3n) is 2.93. The molecule has 2 rings (SSSR count). The molecule has 0 aliphatic heterocycles. The van der Waals surface area contributed by atoms with Gasteiger partial charge in [-0.1, -0.05) is 29.8 Å². The average Bonchev–Trinajstić information content (AvgIpc) is 2.47. The summed E-state index contributed by atoms with van der Waals surface area (Å²) in [6, 6.07) is 15.1. The molecule has 2 aromatic carbocycles. The van der Waals surface area contributed by atoms with Crippen LogP contribution >= 0.6 is 11.6 Å². The first-order valence-corrected chi connectivity index (χ1v) is 6.94. The highest BCUT2D eigenvalue weighted by molar-refractivity contribution is 6.31. The van der Waals surface area contributed by atoms with E-state index in [-0.39, 0.29) is 5.91 Å². The van der Waals surface area contributed by atoms with Crippen LogP contribution in [0.5, 0.6) is 0 Å². The first-order chi connectivity index (χ1) is 9.70. The van der Waals surface area contributed by atoms with Crippen LogP contribution < -0.4 is 10.6 Å². The molecule has 4 heteroatoms. The zero-order chi connectivity index (χ0) is 14.4. The number of carbonyl (C=O) groups excluding carboxylic acids is 1. The van der Waals surface area contributed by atoms with E-state index in [1.54, 1.807) is 12.1 Å². The Balaban J connectivity index is 1.98. The summed E-state index contributed by atoms with van der Waals surface area (Å²) in [5.74, 6) is -0.0508. The molecule has 104 valence electrons. The summed E-state index contributed by atoms with van der Waals surface area (Å²) in [5, 5.41) is 6.80. The van der Waals surface area contributed by atoms with Crippen molar-refractivity contribution < 1.29 is 4.79 Å². The minimum absolute atomic E-state index is 0.0508. The molecule has 0 unspecified atom stereocenters. The minimum Gasteiger partial charge on any atom is -0.381 e. The zero-order valence-corrected chi connectivity index (χ0v) is 12.1. The van der Waals surface area contributed by atoms with E-state index in [4.69, 9.17) is 11.6 Å². The van der Waals surface area contributed by atoms with Crippen molar-refractivity contribution in [2.45, 2.75) is 13.5 Å². The lowest BCUT2D eigenvalue weighted by atomic mass is 10.2. The molecular weight excluding hydrogens is 272 g/mol. The highest BCUT2D eigenvalue weighted by Gasteiger charge is 2.03. The molecule has 20 heavy (non-hydrogen) atoms. The summed E-state index contributed by atoms with van der Waals surface area (Å²) in [6.07, 6.45) is 0. The maximum Gasteiger partial charge on any atom is 0.251 e.